The van der Waals surface area contributed by atoms with Gasteiger partial charge in [-0.3, -0.25) is 4.79 Å². The Hall–Kier alpha value is -1.21. The Morgan fingerprint density at radius 2 is 1.95 bits per heavy atom. The van der Waals surface area contributed by atoms with E-state index in [0.717, 1.165) is 12.8 Å². The van der Waals surface area contributed by atoms with Crippen molar-refractivity contribution in [3.63, 3.8) is 0 Å². The molecule has 1 saturated heterocycles. The predicted octanol–water partition coefficient (Wildman–Crippen LogP) is 1.15. The summed E-state index contributed by atoms with van der Waals surface area (Å²) in [6, 6.07) is 4.94. The van der Waals surface area contributed by atoms with Crippen LogP contribution in [-0.4, -0.2) is 36.8 Å². The fourth-order valence-electron chi connectivity index (χ4n) is 2.41. The van der Waals surface area contributed by atoms with Crippen LogP contribution in [0.15, 0.2) is 24.3 Å². The molecule has 7 heteroatoms. The van der Waals surface area contributed by atoms with Crippen LogP contribution in [0.2, 0.25) is 0 Å². The number of rotatable bonds is 5. The first-order valence-corrected chi connectivity index (χ1v) is 7.12. The van der Waals surface area contributed by atoms with Gasteiger partial charge < -0.3 is 20.9 Å². The molecule has 4 N–H and O–H groups in total. The standard InChI is InChI=1S/C15H21FN2O3.ClH/c16-12-3-1-10(2-4-12)13(19)9-18-15(20)14(17)11-5-7-21-8-6-11;/h1-4,11,13-14,19H,5-9,17H2,(H,18,20);1H. The van der Waals surface area contributed by atoms with Crippen LogP contribution < -0.4 is 11.1 Å². The van der Waals surface area contributed by atoms with E-state index in [4.69, 9.17) is 10.5 Å². The molecule has 1 heterocycles. The fraction of sp³-hybridized carbons (Fsp3) is 0.533. The Bertz CT molecular complexity index is 466. The molecule has 0 spiro atoms. The summed E-state index contributed by atoms with van der Waals surface area (Å²) in [4.78, 5) is 12.0. The molecule has 1 aliphatic heterocycles. The van der Waals surface area contributed by atoms with Crippen LogP contribution in [0.25, 0.3) is 0 Å². The van der Waals surface area contributed by atoms with Gasteiger partial charge in [0.25, 0.3) is 0 Å². The average Bonchev–Trinajstić information content (AvgIpc) is 2.53. The van der Waals surface area contributed by atoms with Gasteiger partial charge in [-0.05, 0) is 36.5 Å². The average molecular weight is 333 g/mol. The summed E-state index contributed by atoms with van der Waals surface area (Å²) in [6.07, 6.45) is 0.668. The molecule has 22 heavy (non-hydrogen) atoms. The number of nitrogens with one attached hydrogen (secondary N) is 1. The molecular weight excluding hydrogens is 311 g/mol. The number of benzene rings is 1. The summed E-state index contributed by atoms with van der Waals surface area (Å²) < 4.78 is 18.0. The third-order valence-corrected chi connectivity index (χ3v) is 3.80. The number of ether oxygens (including phenoxy) is 1. The maximum absolute atomic E-state index is 12.8. The van der Waals surface area contributed by atoms with Gasteiger partial charge in [-0.2, -0.15) is 0 Å². The Labute approximate surface area is 135 Å². The molecular formula is C15H22ClFN2O3. The normalized spacial score (nSPS) is 18.1. The van der Waals surface area contributed by atoms with E-state index in [1.807, 2.05) is 0 Å². The minimum Gasteiger partial charge on any atom is -0.387 e. The Balaban J connectivity index is 0.00000242. The summed E-state index contributed by atoms with van der Waals surface area (Å²) in [5, 5.41) is 12.6. The number of hydrogen-bond donors (Lipinski definition) is 3. The SMILES string of the molecule is Cl.NC(C(=O)NCC(O)c1ccc(F)cc1)C1CCOCC1. The van der Waals surface area contributed by atoms with Crippen LogP contribution in [-0.2, 0) is 9.53 Å². The molecule has 2 unspecified atom stereocenters. The molecule has 124 valence electrons. The predicted molar refractivity (Wildman–Crippen MR) is 83.1 cm³/mol. The first-order valence-electron chi connectivity index (χ1n) is 7.12. The number of halogens is 2. The van der Waals surface area contributed by atoms with E-state index in [9.17, 15) is 14.3 Å². The van der Waals surface area contributed by atoms with Crippen molar-refractivity contribution >= 4 is 18.3 Å². The highest BCUT2D eigenvalue weighted by atomic mass is 35.5. The lowest BCUT2D eigenvalue weighted by Gasteiger charge is -2.27. The van der Waals surface area contributed by atoms with E-state index >= 15 is 0 Å². The van der Waals surface area contributed by atoms with Crippen molar-refractivity contribution in [3.8, 4) is 0 Å². The first-order chi connectivity index (χ1) is 10.1. The molecule has 0 aromatic heterocycles. The first kappa shape index (κ1) is 18.8. The van der Waals surface area contributed by atoms with Crippen molar-refractivity contribution < 1.29 is 19.0 Å². The van der Waals surface area contributed by atoms with Crippen molar-refractivity contribution in [1.29, 1.82) is 0 Å². The maximum Gasteiger partial charge on any atom is 0.237 e. The summed E-state index contributed by atoms with van der Waals surface area (Å²) >= 11 is 0. The van der Waals surface area contributed by atoms with Crippen LogP contribution in [0.4, 0.5) is 4.39 Å². The highest BCUT2D eigenvalue weighted by Crippen LogP contribution is 2.18. The highest BCUT2D eigenvalue weighted by molar-refractivity contribution is 5.85. The highest BCUT2D eigenvalue weighted by Gasteiger charge is 2.26. The zero-order valence-electron chi connectivity index (χ0n) is 12.2. The van der Waals surface area contributed by atoms with Crippen molar-refractivity contribution in [2.75, 3.05) is 19.8 Å². The smallest absolute Gasteiger partial charge is 0.237 e. The van der Waals surface area contributed by atoms with Crippen molar-refractivity contribution in [3.05, 3.63) is 35.6 Å². The van der Waals surface area contributed by atoms with Gasteiger partial charge in [-0.1, -0.05) is 12.1 Å². The summed E-state index contributed by atoms with van der Waals surface area (Å²) in [6.45, 7) is 1.31. The number of aliphatic hydroxyl groups is 1. The second-order valence-corrected chi connectivity index (χ2v) is 5.29. The molecule has 0 bridgehead atoms. The van der Waals surface area contributed by atoms with Crippen LogP contribution >= 0.6 is 12.4 Å². The van der Waals surface area contributed by atoms with Gasteiger partial charge in [0, 0.05) is 19.8 Å². The van der Waals surface area contributed by atoms with Crippen LogP contribution in [0.3, 0.4) is 0 Å². The molecule has 1 aromatic rings. The zero-order chi connectivity index (χ0) is 15.2. The second kappa shape index (κ2) is 9.05. The molecule has 0 radical (unpaired) electrons. The number of hydrogen-bond acceptors (Lipinski definition) is 4. The van der Waals surface area contributed by atoms with Crippen molar-refractivity contribution in [1.82, 2.24) is 5.32 Å². The number of amides is 1. The monoisotopic (exact) mass is 332 g/mol. The van der Waals surface area contributed by atoms with Gasteiger partial charge in [0.2, 0.25) is 5.91 Å². The Morgan fingerprint density at radius 1 is 1.36 bits per heavy atom. The summed E-state index contributed by atoms with van der Waals surface area (Å²) in [5.74, 6) is -0.527. The van der Waals surface area contributed by atoms with Crippen LogP contribution in [0, 0.1) is 11.7 Å². The topological polar surface area (TPSA) is 84.6 Å². The van der Waals surface area contributed by atoms with Gasteiger partial charge >= 0.3 is 0 Å². The Kier molecular flexibility index (Phi) is 7.75. The molecule has 2 atom stereocenters. The minimum absolute atomic E-state index is 0. The van der Waals surface area contributed by atoms with Crippen LogP contribution in [0.5, 0.6) is 0 Å². The summed E-state index contributed by atoms with van der Waals surface area (Å²) in [5.41, 5.74) is 6.49. The van der Waals surface area contributed by atoms with Gasteiger partial charge in [-0.15, -0.1) is 12.4 Å². The van der Waals surface area contributed by atoms with Gasteiger partial charge in [0.05, 0.1) is 12.1 Å². The molecule has 1 amide bonds. The minimum atomic E-state index is -0.878. The van der Waals surface area contributed by atoms with E-state index in [0.29, 0.717) is 18.8 Å². The van der Waals surface area contributed by atoms with Crippen molar-refractivity contribution in [2.45, 2.75) is 25.0 Å². The molecule has 1 aliphatic rings. The molecule has 0 aliphatic carbocycles. The summed E-state index contributed by atoms with van der Waals surface area (Å²) in [7, 11) is 0. The Morgan fingerprint density at radius 3 is 2.55 bits per heavy atom. The fourth-order valence-corrected chi connectivity index (χ4v) is 2.41. The van der Waals surface area contributed by atoms with Gasteiger partial charge in [0.15, 0.2) is 0 Å². The molecule has 1 fully saturated rings. The number of carbonyl (C=O) groups is 1. The lowest BCUT2D eigenvalue weighted by molar-refractivity contribution is -0.124. The third kappa shape index (κ3) is 5.21. The van der Waals surface area contributed by atoms with E-state index in [1.54, 1.807) is 0 Å². The van der Waals surface area contributed by atoms with E-state index < -0.39 is 12.1 Å². The number of nitrogens with two attached hydrogens (primary N) is 1. The number of carbonyl (C=O) groups excluding carboxylic acids is 1. The van der Waals surface area contributed by atoms with Crippen molar-refractivity contribution in [2.24, 2.45) is 11.7 Å². The second-order valence-electron chi connectivity index (χ2n) is 5.29. The maximum atomic E-state index is 12.8. The lowest BCUT2D eigenvalue weighted by atomic mass is 9.92. The van der Waals surface area contributed by atoms with E-state index in [1.165, 1.54) is 24.3 Å². The van der Waals surface area contributed by atoms with E-state index in [2.05, 4.69) is 5.32 Å². The molecule has 2 rings (SSSR count). The lowest BCUT2D eigenvalue weighted by Crippen LogP contribution is -2.47. The molecule has 5 nitrogen and oxygen atoms in total. The largest absolute Gasteiger partial charge is 0.387 e. The molecule has 1 aromatic carbocycles. The van der Waals surface area contributed by atoms with Crippen LogP contribution in [0.1, 0.15) is 24.5 Å². The van der Waals surface area contributed by atoms with Gasteiger partial charge in [0.1, 0.15) is 5.82 Å². The third-order valence-electron chi connectivity index (χ3n) is 3.80. The zero-order valence-corrected chi connectivity index (χ0v) is 13.0. The van der Waals surface area contributed by atoms with Gasteiger partial charge in [-0.25, -0.2) is 4.39 Å². The molecule has 0 saturated carbocycles. The quantitative estimate of drug-likeness (QED) is 0.755. The number of aliphatic hydroxyl groups excluding tert-OH is 1. The van der Waals surface area contributed by atoms with E-state index in [-0.39, 0.29) is 36.6 Å².